The molecule has 3 nitrogen and oxygen atoms in total. The summed E-state index contributed by atoms with van der Waals surface area (Å²) >= 11 is 7.60. The third-order valence-electron chi connectivity index (χ3n) is 5.66. The summed E-state index contributed by atoms with van der Waals surface area (Å²) in [6.45, 7) is 0. The van der Waals surface area contributed by atoms with Crippen molar-refractivity contribution in [2.45, 2.75) is 9.79 Å². The van der Waals surface area contributed by atoms with E-state index in [4.69, 9.17) is 17.2 Å². The van der Waals surface area contributed by atoms with Crippen LogP contribution in [0.5, 0.6) is 0 Å². The maximum Gasteiger partial charge on any atom is 0.205 e. The number of hydrogen-bond donors (Lipinski definition) is 1. The first-order valence-corrected chi connectivity index (χ1v) is 11.9. The molecule has 6 rings (SSSR count). The summed E-state index contributed by atoms with van der Waals surface area (Å²) in [5.74, 6) is 0. The Morgan fingerprint density at radius 3 is 2.18 bits per heavy atom. The van der Waals surface area contributed by atoms with Crippen LogP contribution in [0.3, 0.4) is 0 Å². The standard InChI is InChI=1S/C28H19N3S2/c32-28-30-23(20-15-16-27-24(17-20)29-22-13-7-8-14-26(22)33-27)18-25(19-9-3-1-4-10-19)31(28)21-11-5-2-6-12-21/h1-18,29H. The summed E-state index contributed by atoms with van der Waals surface area (Å²) in [6, 6.07) is 37.4. The highest BCUT2D eigenvalue weighted by molar-refractivity contribution is 7.99. The first kappa shape index (κ1) is 20.0. The van der Waals surface area contributed by atoms with E-state index in [1.807, 2.05) is 41.0 Å². The normalized spacial score (nSPS) is 11.9. The zero-order valence-corrected chi connectivity index (χ0v) is 19.2. The van der Waals surface area contributed by atoms with Crippen LogP contribution in [-0.4, -0.2) is 9.55 Å². The molecular weight excluding hydrogens is 442 g/mol. The molecular formula is C28H19N3S2. The van der Waals surface area contributed by atoms with Crippen LogP contribution in [0.4, 0.5) is 11.4 Å². The minimum atomic E-state index is 0.531. The average molecular weight is 462 g/mol. The Morgan fingerprint density at radius 2 is 1.36 bits per heavy atom. The molecule has 1 aromatic heterocycles. The van der Waals surface area contributed by atoms with E-state index >= 15 is 0 Å². The topological polar surface area (TPSA) is 29.9 Å². The average Bonchev–Trinajstić information content (AvgIpc) is 2.87. The van der Waals surface area contributed by atoms with E-state index in [0.29, 0.717) is 4.77 Å². The summed E-state index contributed by atoms with van der Waals surface area (Å²) < 4.78 is 2.57. The Hall–Kier alpha value is -3.67. The molecule has 0 spiro atoms. The van der Waals surface area contributed by atoms with Crippen LogP contribution in [0.2, 0.25) is 0 Å². The molecule has 0 amide bonds. The molecule has 33 heavy (non-hydrogen) atoms. The quantitative estimate of drug-likeness (QED) is 0.269. The maximum absolute atomic E-state index is 5.81. The van der Waals surface area contributed by atoms with Gasteiger partial charge in [0.15, 0.2) is 0 Å². The lowest BCUT2D eigenvalue weighted by molar-refractivity contribution is 0.969. The lowest BCUT2D eigenvalue weighted by atomic mass is 10.1. The van der Waals surface area contributed by atoms with Crippen molar-refractivity contribution in [3.05, 3.63) is 114 Å². The molecule has 158 valence electrons. The lowest BCUT2D eigenvalue weighted by Gasteiger charge is -2.21. The van der Waals surface area contributed by atoms with Crippen molar-refractivity contribution in [2.75, 3.05) is 5.32 Å². The molecule has 0 saturated heterocycles. The second kappa shape index (κ2) is 8.35. The number of benzene rings is 4. The molecule has 0 saturated carbocycles. The van der Waals surface area contributed by atoms with Gasteiger partial charge in [0.2, 0.25) is 4.77 Å². The van der Waals surface area contributed by atoms with Gasteiger partial charge in [-0.15, -0.1) is 0 Å². The van der Waals surface area contributed by atoms with Crippen LogP contribution in [0.1, 0.15) is 0 Å². The summed E-state index contributed by atoms with van der Waals surface area (Å²) in [7, 11) is 0. The molecule has 4 aromatic carbocycles. The van der Waals surface area contributed by atoms with E-state index in [1.165, 1.54) is 9.79 Å². The fraction of sp³-hybridized carbons (Fsp3) is 0. The number of fused-ring (bicyclic) bond motifs is 2. The van der Waals surface area contributed by atoms with E-state index in [9.17, 15) is 0 Å². The first-order valence-electron chi connectivity index (χ1n) is 10.7. The number of rotatable bonds is 3. The van der Waals surface area contributed by atoms with Crippen molar-refractivity contribution in [3.8, 4) is 28.2 Å². The predicted molar refractivity (Wildman–Crippen MR) is 139 cm³/mol. The second-order valence-corrected chi connectivity index (χ2v) is 9.23. The van der Waals surface area contributed by atoms with Crippen molar-refractivity contribution in [1.82, 2.24) is 9.55 Å². The van der Waals surface area contributed by atoms with E-state index in [-0.39, 0.29) is 0 Å². The van der Waals surface area contributed by atoms with Crippen molar-refractivity contribution in [3.63, 3.8) is 0 Å². The van der Waals surface area contributed by atoms with Gasteiger partial charge in [-0.1, -0.05) is 78.5 Å². The van der Waals surface area contributed by atoms with E-state index < -0.39 is 0 Å². The second-order valence-electron chi connectivity index (χ2n) is 7.78. The Bertz CT molecular complexity index is 1530. The molecule has 0 aliphatic carbocycles. The zero-order chi connectivity index (χ0) is 22.2. The van der Waals surface area contributed by atoms with Gasteiger partial charge in [-0.25, -0.2) is 4.98 Å². The molecule has 0 bridgehead atoms. The van der Waals surface area contributed by atoms with Crippen molar-refractivity contribution < 1.29 is 0 Å². The molecule has 0 atom stereocenters. The number of anilines is 2. The van der Waals surface area contributed by atoms with Gasteiger partial charge >= 0.3 is 0 Å². The predicted octanol–water partition coefficient (Wildman–Crippen LogP) is 8.14. The lowest BCUT2D eigenvalue weighted by Crippen LogP contribution is -2.05. The van der Waals surface area contributed by atoms with Crippen molar-refractivity contribution >= 4 is 35.4 Å². The van der Waals surface area contributed by atoms with E-state index in [0.717, 1.165) is 39.6 Å². The van der Waals surface area contributed by atoms with Crippen LogP contribution in [0.15, 0.2) is 119 Å². The smallest absolute Gasteiger partial charge is 0.205 e. The number of nitrogens with zero attached hydrogens (tertiary/aromatic N) is 2. The first-order chi connectivity index (χ1) is 16.3. The van der Waals surface area contributed by atoms with E-state index in [1.54, 1.807) is 11.8 Å². The SMILES string of the molecule is S=c1nc(-c2ccc3c(c2)Nc2ccccc2S3)cc(-c2ccccc2)n1-c1ccccc1. The van der Waals surface area contributed by atoms with Crippen molar-refractivity contribution in [2.24, 2.45) is 0 Å². The molecule has 1 aliphatic rings. The zero-order valence-electron chi connectivity index (χ0n) is 17.6. The minimum absolute atomic E-state index is 0.531. The van der Waals surface area contributed by atoms with Gasteiger partial charge in [0.25, 0.3) is 0 Å². The summed E-state index contributed by atoms with van der Waals surface area (Å²) in [6.07, 6.45) is 0. The van der Waals surface area contributed by atoms with Gasteiger partial charge in [-0.2, -0.15) is 0 Å². The summed E-state index contributed by atoms with van der Waals surface area (Å²) in [4.78, 5) is 7.28. The van der Waals surface area contributed by atoms with Gasteiger partial charge < -0.3 is 5.32 Å². The number of nitrogens with one attached hydrogen (secondary N) is 1. The molecule has 1 N–H and O–H groups in total. The molecule has 5 aromatic rings. The summed E-state index contributed by atoms with van der Waals surface area (Å²) in [5, 5.41) is 3.57. The number of para-hydroxylation sites is 2. The Labute approximate surface area is 201 Å². The van der Waals surface area contributed by atoms with Gasteiger partial charge in [0.1, 0.15) is 0 Å². The largest absolute Gasteiger partial charge is 0.354 e. The Morgan fingerprint density at radius 1 is 0.667 bits per heavy atom. The highest BCUT2D eigenvalue weighted by atomic mass is 32.2. The number of hydrogen-bond acceptors (Lipinski definition) is 4. The third-order valence-corrected chi connectivity index (χ3v) is 7.08. The molecule has 0 fully saturated rings. The molecule has 5 heteroatoms. The van der Waals surface area contributed by atoms with Crippen LogP contribution in [0.25, 0.3) is 28.2 Å². The molecule has 2 heterocycles. The van der Waals surface area contributed by atoms with E-state index in [2.05, 4.69) is 78.1 Å². The van der Waals surface area contributed by atoms with Crippen LogP contribution < -0.4 is 5.32 Å². The monoisotopic (exact) mass is 461 g/mol. The molecule has 0 unspecified atom stereocenters. The minimum Gasteiger partial charge on any atom is -0.354 e. The van der Waals surface area contributed by atoms with Gasteiger partial charge in [0.05, 0.1) is 22.8 Å². The molecule has 0 radical (unpaired) electrons. The van der Waals surface area contributed by atoms with Gasteiger partial charge in [-0.05, 0) is 60.2 Å². The fourth-order valence-electron chi connectivity index (χ4n) is 4.08. The van der Waals surface area contributed by atoms with Gasteiger partial charge in [-0.3, -0.25) is 4.57 Å². The van der Waals surface area contributed by atoms with Gasteiger partial charge in [0, 0.05) is 21.0 Å². The highest BCUT2D eigenvalue weighted by Crippen LogP contribution is 2.45. The fourth-order valence-corrected chi connectivity index (χ4v) is 5.35. The van der Waals surface area contributed by atoms with Crippen LogP contribution in [0, 0.1) is 4.77 Å². The molecule has 1 aliphatic heterocycles. The van der Waals surface area contributed by atoms with Crippen molar-refractivity contribution in [1.29, 1.82) is 0 Å². The van der Waals surface area contributed by atoms with Crippen LogP contribution >= 0.6 is 24.0 Å². The Balaban J connectivity index is 1.50. The highest BCUT2D eigenvalue weighted by Gasteiger charge is 2.17. The number of aromatic nitrogens is 2. The maximum atomic E-state index is 5.81. The Kier molecular flexibility index (Phi) is 5.06. The summed E-state index contributed by atoms with van der Waals surface area (Å²) in [5.41, 5.74) is 7.22. The third kappa shape index (κ3) is 3.75. The van der Waals surface area contributed by atoms with Crippen LogP contribution in [-0.2, 0) is 0 Å².